The van der Waals surface area contributed by atoms with Crippen LogP contribution in [0.25, 0.3) is 0 Å². The highest BCUT2D eigenvalue weighted by atomic mass is 35.5. The number of aryl methyl sites for hydroxylation is 2. The standard InChI is InChI=1S/C13H17N3S.ClH/c1-9-4-5-12(10(2)6-9)16(3)8-11-7-15-13(14)17-11;/h4-7H,8H2,1-3H3,(H2,14,15);1H. The zero-order valence-corrected chi connectivity index (χ0v) is 12.4. The molecule has 0 unspecified atom stereocenters. The van der Waals surface area contributed by atoms with E-state index < -0.39 is 0 Å². The van der Waals surface area contributed by atoms with Crippen LogP contribution in [0.1, 0.15) is 16.0 Å². The SMILES string of the molecule is Cc1ccc(N(C)Cc2cnc(N)s2)c(C)c1.Cl. The molecule has 0 saturated carbocycles. The van der Waals surface area contributed by atoms with E-state index in [4.69, 9.17) is 5.73 Å². The van der Waals surface area contributed by atoms with Gasteiger partial charge in [0.25, 0.3) is 0 Å². The third-order valence-corrected chi connectivity index (χ3v) is 3.54. The average molecular weight is 284 g/mol. The lowest BCUT2D eigenvalue weighted by Gasteiger charge is -2.20. The number of anilines is 2. The summed E-state index contributed by atoms with van der Waals surface area (Å²) >= 11 is 1.54. The van der Waals surface area contributed by atoms with Gasteiger partial charge in [0.15, 0.2) is 5.13 Å². The normalized spacial score (nSPS) is 9.94. The van der Waals surface area contributed by atoms with Gasteiger partial charge in [-0.1, -0.05) is 17.7 Å². The lowest BCUT2D eigenvalue weighted by molar-refractivity contribution is 0.930. The minimum Gasteiger partial charge on any atom is -0.375 e. The van der Waals surface area contributed by atoms with Crippen LogP contribution >= 0.6 is 23.7 Å². The number of benzene rings is 1. The summed E-state index contributed by atoms with van der Waals surface area (Å²) < 4.78 is 0. The Labute approximate surface area is 118 Å². The van der Waals surface area contributed by atoms with Crippen LogP contribution in [0.4, 0.5) is 10.8 Å². The second-order valence-electron chi connectivity index (χ2n) is 4.31. The number of nitrogens with two attached hydrogens (primary N) is 1. The number of aromatic nitrogens is 1. The van der Waals surface area contributed by atoms with E-state index in [1.807, 2.05) is 6.20 Å². The molecule has 0 saturated heterocycles. The van der Waals surface area contributed by atoms with Crippen molar-refractivity contribution >= 4 is 34.6 Å². The van der Waals surface area contributed by atoms with Gasteiger partial charge in [0, 0.05) is 23.8 Å². The smallest absolute Gasteiger partial charge is 0.180 e. The first-order valence-corrected chi connectivity index (χ1v) is 6.36. The molecule has 3 nitrogen and oxygen atoms in total. The van der Waals surface area contributed by atoms with Crippen LogP contribution in [0.3, 0.4) is 0 Å². The zero-order chi connectivity index (χ0) is 12.4. The Hall–Kier alpha value is -1.26. The summed E-state index contributed by atoms with van der Waals surface area (Å²) in [7, 11) is 2.09. The Balaban J connectivity index is 0.00000162. The van der Waals surface area contributed by atoms with Crippen molar-refractivity contribution in [2.75, 3.05) is 17.7 Å². The van der Waals surface area contributed by atoms with Crippen molar-refractivity contribution in [3.05, 3.63) is 40.4 Å². The molecule has 5 heteroatoms. The summed E-state index contributed by atoms with van der Waals surface area (Å²) in [6.45, 7) is 5.10. The van der Waals surface area contributed by atoms with Crippen LogP contribution in [-0.2, 0) is 6.54 Å². The molecule has 0 amide bonds. The summed E-state index contributed by atoms with van der Waals surface area (Å²) in [5, 5.41) is 0.633. The molecule has 0 aliphatic carbocycles. The van der Waals surface area contributed by atoms with E-state index in [0.29, 0.717) is 5.13 Å². The highest BCUT2D eigenvalue weighted by Crippen LogP contribution is 2.23. The number of hydrogen-bond acceptors (Lipinski definition) is 4. The van der Waals surface area contributed by atoms with E-state index >= 15 is 0 Å². The molecule has 2 N–H and O–H groups in total. The van der Waals surface area contributed by atoms with Crippen molar-refractivity contribution in [2.24, 2.45) is 0 Å². The van der Waals surface area contributed by atoms with Gasteiger partial charge in [-0.05, 0) is 25.5 Å². The third kappa shape index (κ3) is 3.37. The van der Waals surface area contributed by atoms with Gasteiger partial charge in [-0.15, -0.1) is 23.7 Å². The van der Waals surface area contributed by atoms with Crippen LogP contribution in [0.2, 0.25) is 0 Å². The monoisotopic (exact) mass is 283 g/mol. The summed E-state index contributed by atoms with van der Waals surface area (Å²) in [4.78, 5) is 7.48. The fraction of sp³-hybridized carbons (Fsp3) is 0.308. The number of thiazole rings is 1. The van der Waals surface area contributed by atoms with Crippen molar-refractivity contribution in [3.63, 3.8) is 0 Å². The largest absolute Gasteiger partial charge is 0.375 e. The minimum atomic E-state index is 0. The maximum absolute atomic E-state index is 5.63. The number of nitrogens with zero attached hydrogens (tertiary/aromatic N) is 2. The molecule has 0 aliphatic rings. The highest BCUT2D eigenvalue weighted by molar-refractivity contribution is 7.15. The molecule has 98 valence electrons. The second kappa shape index (κ2) is 6.07. The minimum absolute atomic E-state index is 0. The van der Waals surface area contributed by atoms with Crippen LogP contribution in [-0.4, -0.2) is 12.0 Å². The predicted molar refractivity (Wildman–Crippen MR) is 81.8 cm³/mol. The van der Waals surface area contributed by atoms with Gasteiger partial charge >= 0.3 is 0 Å². The van der Waals surface area contributed by atoms with E-state index in [-0.39, 0.29) is 12.4 Å². The number of hydrogen-bond donors (Lipinski definition) is 1. The van der Waals surface area contributed by atoms with Gasteiger partial charge in [-0.25, -0.2) is 4.98 Å². The van der Waals surface area contributed by atoms with Crippen molar-refractivity contribution in [1.29, 1.82) is 0 Å². The molecule has 18 heavy (non-hydrogen) atoms. The van der Waals surface area contributed by atoms with E-state index in [2.05, 4.69) is 49.0 Å². The van der Waals surface area contributed by atoms with Gasteiger partial charge in [0.1, 0.15) is 0 Å². The Kier molecular flexibility index (Phi) is 4.99. The predicted octanol–water partition coefficient (Wildman–Crippen LogP) is 3.40. The molecule has 1 heterocycles. The second-order valence-corrected chi connectivity index (χ2v) is 5.46. The number of halogens is 1. The van der Waals surface area contributed by atoms with Gasteiger partial charge in [-0.2, -0.15) is 0 Å². The topological polar surface area (TPSA) is 42.2 Å². The lowest BCUT2D eigenvalue weighted by Crippen LogP contribution is -2.16. The van der Waals surface area contributed by atoms with Crippen molar-refractivity contribution in [3.8, 4) is 0 Å². The van der Waals surface area contributed by atoms with E-state index in [1.165, 1.54) is 21.7 Å². The molecule has 1 aromatic carbocycles. The summed E-state index contributed by atoms with van der Waals surface area (Å²) in [6, 6.07) is 6.50. The number of nitrogen functional groups attached to an aromatic ring is 1. The summed E-state index contributed by atoms with van der Waals surface area (Å²) in [6.07, 6.45) is 1.85. The maximum atomic E-state index is 5.63. The Bertz CT molecular complexity index is 525. The van der Waals surface area contributed by atoms with Crippen LogP contribution in [0, 0.1) is 13.8 Å². The van der Waals surface area contributed by atoms with Crippen LogP contribution in [0.5, 0.6) is 0 Å². The molecule has 0 aliphatic heterocycles. The fourth-order valence-corrected chi connectivity index (χ4v) is 2.69. The lowest BCUT2D eigenvalue weighted by atomic mass is 10.1. The third-order valence-electron chi connectivity index (χ3n) is 2.73. The average Bonchev–Trinajstić information content (AvgIpc) is 2.63. The maximum Gasteiger partial charge on any atom is 0.180 e. The molecular formula is C13H18ClN3S. The van der Waals surface area contributed by atoms with Crippen LogP contribution in [0.15, 0.2) is 24.4 Å². The molecule has 0 atom stereocenters. The van der Waals surface area contributed by atoms with E-state index in [1.54, 1.807) is 11.3 Å². The molecular weight excluding hydrogens is 266 g/mol. The van der Waals surface area contributed by atoms with Crippen molar-refractivity contribution < 1.29 is 0 Å². The fourth-order valence-electron chi connectivity index (χ4n) is 1.95. The molecule has 1 aromatic heterocycles. The van der Waals surface area contributed by atoms with Gasteiger partial charge in [0.2, 0.25) is 0 Å². The number of rotatable bonds is 3. The van der Waals surface area contributed by atoms with Crippen LogP contribution < -0.4 is 10.6 Å². The highest BCUT2D eigenvalue weighted by Gasteiger charge is 2.07. The first-order valence-electron chi connectivity index (χ1n) is 5.55. The molecule has 0 spiro atoms. The Morgan fingerprint density at radius 3 is 2.61 bits per heavy atom. The van der Waals surface area contributed by atoms with Gasteiger partial charge in [0.05, 0.1) is 6.54 Å². The van der Waals surface area contributed by atoms with E-state index in [9.17, 15) is 0 Å². The van der Waals surface area contributed by atoms with Gasteiger partial charge < -0.3 is 10.6 Å². The Morgan fingerprint density at radius 1 is 1.33 bits per heavy atom. The zero-order valence-electron chi connectivity index (χ0n) is 10.8. The molecule has 0 bridgehead atoms. The molecule has 0 fully saturated rings. The molecule has 2 rings (SSSR count). The van der Waals surface area contributed by atoms with Crippen molar-refractivity contribution in [2.45, 2.75) is 20.4 Å². The Morgan fingerprint density at radius 2 is 2.06 bits per heavy atom. The first kappa shape index (κ1) is 14.8. The summed E-state index contributed by atoms with van der Waals surface area (Å²) in [5.41, 5.74) is 9.47. The first-order chi connectivity index (χ1) is 8.06. The van der Waals surface area contributed by atoms with Crippen molar-refractivity contribution in [1.82, 2.24) is 4.98 Å². The molecule has 2 aromatic rings. The van der Waals surface area contributed by atoms with E-state index in [0.717, 1.165) is 6.54 Å². The van der Waals surface area contributed by atoms with Gasteiger partial charge in [-0.3, -0.25) is 0 Å². The molecule has 0 radical (unpaired) electrons. The quantitative estimate of drug-likeness (QED) is 0.939. The summed E-state index contributed by atoms with van der Waals surface area (Å²) in [5.74, 6) is 0.